The van der Waals surface area contributed by atoms with Crippen LogP contribution in [-0.2, 0) is 0 Å². The summed E-state index contributed by atoms with van der Waals surface area (Å²) < 4.78 is 1.21. The van der Waals surface area contributed by atoms with Crippen LogP contribution in [0.4, 0.5) is 0 Å². The van der Waals surface area contributed by atoms with Crippen molar-refractivity contribution in [3.63, 3.8) is 0 Å². The fourth-order valence-electron chi connectivity index (χ4n) is 3.91. The van der Waals surface area contributed by atoms with E-state index in [-0.39, 0.29) is 0 Å². The predicted molar refractivity (Wildman–Crippen MR) is 123 cm³/mol. The molecule has 0 spiro atoms. The third kappa shape index (κ3) is 2.71. The number of pyridine rings is 1. The molecule has 6 rings (SSSR count). The summed E-state index contributed by atoms with van der Waals surface area (Å²) in [5, 5.41) is 5.81. The van der Waals surface area contributed by atoms with Gasteiger partial charge in [0.05, 0.1) is 15.9 Å². The van der Waals surface area contributed by atoms with Gasteiger partial charge in [0.15, 0.2) is 0 Å². The van der Waals surface area contributed by atoms with Gasteiger partial charge in [-0.25, -0.2) is 4.98 Å². The molecule has 0 aliphatic heterocycles. The first kappa shape index (κ1) is 16.4. The summed E-state index contributed by atoms with van der Waals surface area (Å²) in [6.45, 7) is 0. The maximum atomic E-state index is 5.01. The van der Waals surface area contributed by atoms with Crippen molar-refractivity contribution in [3.05, 3.63) is 97.2 Å². The van der Waals surface area contributed by atoms with E-state index in [2.05, 4.69) is 84.9 Å². The highest BCUT2D eigenvalue weighted by molar-refractivity contribution is 7.21. The van der Waals surface area contributed by atoms with E-state index < -0.39 is 0 Å². The summed E-state index contributed by atoms with van der Waals surface area (Å²) in [5.74, 6) is 0. The standard InChI is InChI=1S/C26H16N2S/c1-2-7-19(8-3-1)26-28-25-22-16-20(11-10-18(22)12-13-23(25)29-26)24-21-9-5-4-6-17(21)14-15-27-24/h1-16H. The Kier molecular flexibility index (Phi) is 3.68. The molecule has 2 heterocycles. The lowest BCUT2D eigenvalue weighted by Crippen LogP contribution is -1.86. The van der Waals surface area contributed by atoms with Gasteiger partial charge < -0.3 is 0 Å². The summed E-state index contributed by atoms with van der Waals surface area (Å²) in [6.07, 6.45) is 1.89. The third-order valence-electron chi connectivity index (χ3n) is 5.34. The molecule has 0 aliphatic rings. The van der Waals surface area contributed by atoms with Gasteiger partial charge in [0, 0.05) is 28.1 Å². The molecule has 29 heavy (non-hydrogen) atoms. The van der Waals surface area contributed by atoms with Gasteiger partial charge in [0.2, 0.25) is 0 Å². The lowest BCUT2D eigenvalue weighted by molar-refractivity contribution is 1.36. The number of hydrogen-bond donors (Lipinski definition) is 0. The summed E-state index contributed by atoms with van der Waals surface area (Å²) in [7, 11) is 0. The zero-order valence-corrected chi connectivity index (χ0v) is 16.4. The lowest BCUT2D eigenvalue weighted by Gasteiger charge is -2.07. The van der Waals surface area contributed by atoms with Crippen molar-refractivity contribution in [3.8, 4) is 21.8 Å². The zero-order valence-electron chi connectivity index (χ0n) is 15.5. The molecule has 0 atom stereocenters. The Labute approximate surface area is 172 Å². The van der Waals surface area contributed by atoms with Crippen molar-refractivity contribution in [2.24, 2.45) is 0 Å². The number of fused-ring (bicyclic) bond motifs is 4. The summed E-state index contributed by atoms with van der Waals surface area (Å²) in [6, 6.07) is 31.8. The highest BCUT2D eigenvalue weighted by Gasteiger charge is 2.11. The van der Waals surface area contributed by atoms with Crippen LogP contribution < -0.4 is 0 Å². The first-order valence-electron chi connectivity index (χ1n) is 9.60. The van der Waals surface area contributed by atoms with Crippen molar-refractivity contribution >= 4 is 43.1 Å². The second-order valence-corrected chi connectivity index (χ2v) is 8.14. The van der Waals surface area contributed by atoms with Crippen LogP contribution in [0.25, 0.3) is 53.6 Å². The molecule has 4 aromatic carbocycles. The smallest absolute Gasteiger partial charge is 0.124 e. The highest BCUT2D eigenvalue weighted by atomic mass is 32.1. The van der Waals surface area contributed by atoms with Gasteiger partial charge in [0.1, 0.15) is 5.01 Å². The van der Waals surface area contributed by atoms with Crippen molar-refractivity contribution in [2.45, 2.75) is 0 Å². The van der Waals surface area contributed by atoms with Crippen LogP contribution >= 0.6 is 11.3 Å². The molecule has 136 valence electrons. The Morgan fingerprint density at radius 1 is 0.621 bits per heavy atom. The molecule has 0 amide bonds. The lowest BCUT2D eigenvalue weighted by atomic mass is 10.0. The molecule has 2 nitrogen and oxygen atoms in total. The predicted octanol–water partition coefficient (Wildman–Crippen LogP) is 7.33. The molecule has 0 aliphatic carbocycles. The molecule has 0 bridgehead atoms. The van der Waals surface area contributed by atoms with Crippen LogP contribution in [0.3, 0.4) is 0 Å². The minimum Gasteiger partial charge on any atom is -0.256 e. The Hall–Kier alpha value is -3.56. The zero-order chi connectivity index (χ0) is 19.2. The fraction of sp³-hybridized carbons (Fsp3) is 0. The van der Waals surface area contributed by atoms with Gasteiger partial charge in [-0.05, 0) is 29.0 Å². The van der Waals surface area contributed by atoms with E-state index in [9.17, 15) is 0 Å². The fourth-order valence-corrected chi connectivity index (χ4v) is 4.90. The Bertz CT molecular complexity index is 1490. The average molecular weight is 388 g/mol. The largest absolute Gasteiger partial charge is 0.256 e. The molecule has 0 unspecified atom stereocenters. The van der Waals surface area contributed by atoms with E-state index in [1.807, 2.05) is 12.3 Å². The van der Waals surface area contributed by atoms with Gasteiger partial charge >= 0.3 is 0 Å². The average Bonchev–Trinajstić information content (AvgIpc) is 3.24. The van der Waals surface area contributed by atoms with Crippen molar-refractivity contribution in [2.75, 3.05) is 0 Å². The number of hydrogen-bond acceptors (Lipinski definition) is 3. The minimum absolute atomic E-state index is 1.01. The van der Waals surface area contributed by atoms with Crippen LogP contribution in [-0.4, -0.2) is 9.97 Å². The second-order valence-electron chi connectivity index (χ2n) is 7.11. The van der Waals surface area contributed by atoms with Crippen molar-refractivity contribution in [1.82, 2.24) is 9.97 Å². The molecule has 2 aromatic heterocycles. The third-order valence-corrected chi connectivity index (χ3v) is 6.41. The first-order valence-corrected chi connectivity index (χ1v) is 10.4. The van der Waals surface area contributed by atoms with Crippen LogP contribution in [0.2, 0.25) is 0 Å². The van der Waals surface area contributed by atoms with Crippen LogP contribution in [0.1, 0.15) is 0 Å². The number of rotatable bonds is 2. The molecule has 0 N–H and O–H groups in total. The van der Waals surface area contributed by atoms with Gasteiger partial charge in [-0.2, -0.15) is 0 Å². The summed E-state index contributed by atoms with van der Waals surface area (Å²) >= 11 is 1.74. The van der Waals surface area contributed by atoms with Crippen molar-refractivity contribution < 1.29 is 0 Å². The highest BCUT2D eigenvalue weighted by Crippen LogP contribution is 2.36. The minimum atomic E-state index is 1.01. The number of nitrogens with zero attached hydrogens (tertiary/aromatic N) is 2. The molecule has 0 saturated heterocycles. The maximum absolute atomic E-state index is 5.01. The maximum Gasteiger partial charge on any atom is 0.124 e. The van der Waals surface area contributed by atoms with Gasteiger partial charge in [-0.15, -0.1) is 11.3 Å². The number of thiazole rings is 1. The Morgan fingerprint density at radius 3 is 2.34 bits per heavy atom. The van der Waals surface area contributed by atoms with E-state index in [1.54, 1.807) is 11.3 Å². The summed E-state index contributed by atoms with van der Waals surface area (Å²) in [5.41, 5.74) is 4.36. The molecular formula is C26H16N2S. The Balaban J connectivity index is 1.60. The van der Waals surface area contributed by atoms with E-state index in [4.69, 9.17) is 9.97 Å². The van der Waals surface area contributed by atoms with Gasteiger partial charge in [-0.1, -0.05) is 72.8 Å². The van der Waals surface area contributed by atoms with E-state index >= 15 is 0 Å². The van der Waals surface area contributed by atoms with Crippen molar-refractivity contribution in [1.29, 1.82) is 0 Å². The van der Waals surface area contributed by atoms with Gasteiger partial charge in [0.25, 0.3) is 0 Å². The summed E-state index contributed by atoms with van der Waals surface area (Å²) in [4.78, 5) is 9.71. The topological polar surface area (TPSA) is 25.8 Å². The molecule has 6 aromatic rings. The monoisotopic (exact) mass is 388 g/mol. The molecule has 0 saturated carbocycles. The van der Waals surface area contributed by atoms with E-state index in [0.29, 0.717) is 0 Å². The molecular weight excluding hydrogens is 372 g/mol. The SMILES string of the molecule is c1ccc(-c2nc3c(ccc4ccc(-c5nccc6ccccc56)cc43)s2)cc1. The molecule has 0 fully saturated rings. The normalized spacial score (nSPS) is 11.4. The van der Waals surface area contributed by atoms with Crippen LogP contribution in [0, 0.1) is 0 Å². The van der Waals surface area contributed by atoms with Crippen LogP contribution in [0.15, 0.2) is 97.2 Å². The van der Waals surface area contributed by atoms with Gasteiger partial charge in [-0.3, -0.25) is 4.98 Å². The van der Waals surface area contributed by atoms with Crippen LogP contribution in [0.5, 0.6) is 0 Å². The van der Waals surface area contributed by atoms with E-state index in [0.717, 1.165) is 27.3 Å². The molecule has 3 heteroatoms. The quantitative estimate of drug-likeness (QED) is 0.310. The number of benzene rings is 4. The molecule has 0 radical (unpaired) electrons. The number of aromatic nitrogens is 2. The second kappa shape index (κ2) is 6.50. The first-order chi connectivity index (χ1) is 14.4. The Morgan fingerprint density at radius 2 is 1.41 bits per heavy atom. The van der Waals surface area contributed by atoms with E-state index in [1.165, 1.54) is 26.2 Å².